The summed E-state index contributed by atoms with van der Waals surface area (Å²) in [6.07, 6.45) is 2.95. The molecule has 10 heavy (non-hydrogen) atoms. The molecule has 0 N–H and O–H groups in total. The predicted octanol–water partition coefficient (Wildman–Crippen LogP) is 1.06. The van der Waals surface area contributed by atoms with E-state index in [1.807, 2.05) is 14.0 Å². The number of ketones is 1. The Bertz CT molecular complexity index is 133. The molecule has 1 rings (SSSR count). The Labute approximate surface area is 62.2 Å². The zero-order chi connectivity index (χ0) is 7.56. The average molecular weight is 141 g/mol. The number of likely N-dealkylation sites (tertiary alicyclic amines) is 1. The Morgan fingerprint density at radius 1 is 1.70 bits per heavy atom. The van der Waals surface area contributed by atoms with Crippen LogP contribution < -0.4 is 0 Å². The van der Waals surface area contributed by atoms with Crippen molar-refractivity contribution in [3.8, 4) is 0 Å². The SMILES string of the molecule is CCC(=O)[C@@H]1CCCN1C. The third-order valence-corrected chi connectivity index (χ3v) is 2.24. The molecule has 2 heteroatoms. The zero-order valence-corrected chi connectivity index (χ0v) is 6.76. The Balaban J connectivity index is 2.46. The minimum Gasteiger partial charge on any atom is -0.298 e. The number of carbonyl (C=O) groups is 1. The van der Waals surface area contributed by atoms with Crippen LogP contribution in [0.3, 0.4) is 0 Å². The van der Waals surface area contributed by atoms with Crippen LogP contribution in [0.15, 0.2) is 0 Å². The normalized spacial score (nSPS) is 27.2. The summed E-state index contributed by atoms with van der Waals surface area (Å²) < 4.78 is 0. The smallest absolute Gasteiger partial charge is 0.149 e. The molecule has 1 atom stereocenters. The number of Topliss-reactive ketones (excluding diaryl/α,β-unsaturated/α-hetero) is 1. The van der Waals surface area contributed by atoms with Gasteiger partial charge in [0.2, 0.25) is 0 Å². The molecule has 2 nitrogen and oxygen atoms in total. The first-order chi connectivity index (χ1) is 4.75. The van der Waals surface area contributed by atoms with E-state index in [1.54, 1.807) is 0 Å². The molecule has 0 aliphatic carbocycles. The van der Waals surface area contributed by atoms with Crippen molar-refractivity contribution in [1.82, 2.24) is 4.90 Å². The molecule has 0 aromatic heterocycles. The molecule has 0 amide bonds. The number of hydrogen-bond acceptors (Lipinski definition) is 2. The van der Waals surface area contributed by atoms with Crippen LogP contribution in [0.4, 0.5) is 0 Å². The first-order valence-corrected chi connectivity index (χ1v) is 3.98. The molecule has 0 aromatic carbocycles. The van der Waals surface area contributed by atoms with E-state index in [4.69, 9.17) is 0 Å². The van der Waals surface area contributed by atoms with Crippen LogP contribution in [0.2, 0.25) is 0 Å². The second-order valence-electron chi connectivity index (χ2n) is 2.96. The van der Waals surface area contributed by atoms with Crippen molar-refractivity contribution < 1.29 is 4.79 Å². The molecule has 0 radical (unpaired) electrons. The summed E-state index contributed by atoms with van der Waals surface area (Å²) in [5.41, 5.74) is 0. The second kappa shape index (κ2) is 3.15. The molecule has 1 fully saturated rings. The maximum absolute atomic E-state index is 11.2. The monoisotopic (exact) mass is 141 g/mol. The number of nitrogens with zero attached hydrogens (tertiary/aromatic N) is 1. The minimum absolute atomic E-state index is 0.241. The van der Waals surface area contributed by atoms with Gasteiger partial charge in [-0.2, -0.15) is 0 Å². The van der Waals surface area contributed by atoms with Crippen LogP contribution in [0, 0.1) is 0 Å². The molecule has 0 spiro atoms. The van der Waals surface area contributed by atoms with Crippen molar-refractivity contribution in [3.05, 3.63) is 0 Å². The molecule has 0 unspecified atom stereocenters. The summed E-state index contributed by atoms with van der Waals surface area (Å²) in [6.45, 7) is 3.03. The zero-order valence-electron chi connectivity index (χ0n) is 6.76. The summed E-state index contributed by atoms with van der Waals surface area (Å²) in [5, 5.41) is 0. The Kier molecular flexibility index (Phi) is 2.44. The highest BCUT2D eigenvalue weighted by atomic mass is 16.1. The van der Waals surface area contributed by atoms with E-state index >= 15 is 0 Å². The van der Waals surface area contributed by atoms with Gasteiger partial charge in [0.1, 0.15) is 5.78 Å². The lowest BCUT2D eigenvalue weighted by molar-refractivity contribution is -0.122. The van der Waals surface area contributed by atoms with Gasteiger partial charge in [-0.05, 0) is 26.4 Å². The van der Waals surface area contributed by atoms with Crippen LogP contribution in [0.25, 0.3) is 0 Å². The van der Waals surface area contributed by atoms with Gasteiger partial charge in [-0.25, -0.2) is 0 Å². The molecule has 1 aliphatic heterocycles. The van der Waals surface area contributed by atoms with Crippen LogP contribution in [0.1, 0.15) is 26.2 Å². The van der Waals surface area contributed by atoms with Crippen LogP contribution in [0.5, 0.6) is 0 Å². The highest BCUT2D eigenvalue weighted by Gasteiger charge is 2.25. The summed E-state index contributed by atoms with van der Waals surface area (Å²) in [4.78, 5) is 13.3. The lowest BCUT2D eigenvalue weighted by Crippen LogP contribution is -2.32. The predicted molar refractivity (Wildman–Crippen MR) is 41.0 cm³/mol. The van der Waals surface area contributed by atoms with Crippen LogP contribution >= 0.6 is 0 Å². The number of hydrogen-bond donors (Lipinski definition) is 0. The fourth-order valence-corrected chi connectivity index (χ4v) is 1.55. The topological polar surface area (TPSA) is 20.3 Å². The van der Waals surface area contributed by atoms with E-state index in [-0.39, 0.29) is 6.04 Å². The maximum Gasteiger partial charge on any atom is 0.149 e. The molecule has 1 saturated heterocycles. The van der Waals surface area contributed by atoms with Crippen molar-refractivity contribution in [3.63, 3.8) is 0 Å². The third-order valence-electron chi connectivity index (χ3n) is 2.24. The first kappa shape index (κ1) is 7.73. The highest BCUT2D eigenvalue weighted by molar-refractivity contribution is 5.83. The van der Waals surface area contributed by atoms with E-state index in [1.165, 1.54) is 6.42 Å². The Morgan fingerprint density at radius 2 is 2.40 bits per heavy atom. The average Bonchev–Trinajstić information content (AvgIpc) is 2.34. The Morgan fingerprint density at radius 3 is 2.80 bits per heavy atom. The maximum atomic E-state index is 11.2. The van der Waals surface area contributed by atoms with Gasteiger partial charge in [-0.1, -0.05) is 6.92 Å². The molecule has 0 saturated carbocycles. The van der Waals surface area contributed by atoms with E-state index in [9.17, 15) is 4.79 Å². The van der Waals surface area contributed by atoms with E-state index < -0.39 is 0 Å². The Hall–Kier alpha value is -0.370. The van der Waals surface area contributed by atoms with Gasteiger partial charge in [0.25, 0.3) is 0 Å². The van der Waals surface area contributed by atoms with E-state index in [0.717, 1.165) is 13.0 Å². The number of carbonyl (C=O) groups excluding carboxylic acids is 1. The van der Waals surface area contributed by atoms with Crippen molar-refractivity contribution in [2.45, 2.75) is 32.2 Å². The van der Waals surface area contributed by atoms with Gasteiger partial charge in [-0.15, -0.1) is 0 Å². The van der Waals surface area contributed by atoms with Crippen molar-refractivity contribution in [1.29, 1.82) is 0 Å². The lowest BCUT2D eigenvalue weighted by atomic mass is 10.1. The van der Waals surface area contributed by atoms with Crippen LogP contribution in [-0.4, -0.2) is 30.3 Å². The summed E-state index contributed by atoms with van der Waals surface area (Å²) in [6, 6.07) is 0.241. The fourth-order valence-electron chi connectivity index (χ4n) is 1.55. The molecule has 0 aromatic rings. The van der Waals surface area contributed by atoms with Gasteiger partial charge in [0.05, 0.1) is 6.04 Å². The van der Waals surface area contributed by atoms with Gasteiger partial charge < -0.3 is 0 Å². The molecule has 58 valence electrons. The number of likely N-dealkylation sites (N-methyl/N-ethyl adjacent to an activating group) is 1. The second-order valence-corrected chi connectivity index (χ2v) is 2.96. The molecular formula is C8H15NO. The minimum atomic E-state index is 0.241. The van der Waals surface area contributed by atoms with Crippen molar-refractivity contribution >= 4 is 5.78 Å². The molecule has 1 aliphatic rings. The van der Waals surface area contributed by atoms with Crippen molar-refractivity contribution in [2.75, 3.05) is 13.6 Å². The highest BCUT2D eigenvalue weighted by Crippen LogP contribution is 2.16. The molecular weight excluding hydrogens is 126 g/mol. The lowest BCUT2D eigenvalue weighted by Gasteiger charge is -2.16. The van der Waals surface area contributed by atoms with Gasteiger partial charge >= 0.3 is 0 Å². The summed E-state index contributed by atoms with van der Waals surface area (Å²) >= 11 is 0. The quantitative estimate of drug-likeness (QED) is 0.573. The summed E-state index contributed by atoms with van der Waals surface area (Å²) in [7, 11) is 2.03. The van der Waals surface area contributed by atoms with Crippen molar-refractivity contribution in [2.24, 2.45) is 0 Å². The standard InChI is InChI=1S/C8H15NO/c1-3-8(10)7-5-4-6-9(7)2/h7H,3-6H2,1-2H3/t7-/m0/s1. The molecule has 0 bridgehead atoms. The molecule has 1 heterocycles. The van der Waals surface area contributed by atoms with E-state index in [2.05, 4.69) is 4.90 Å². The van der Waals surface area contributed by atoms with E-state index in [0.29, 0.717) is 12.2 Å². The first-order valence-electron chi connectivity index (χ1n) is 3.98. The van der Waals surface area contributed by atoms with Crippen LogP contribution in [-0.2, 0) is 4.79 Å². The van der Waals surface area contributed by atoms with Gasteiger partial charge in [-0.3, -0.25) is 9.69 Å². The summed E-state index contributed by atoms with van der Waals surface area (Å²) in [5.74, 6) is 0.403. The largest absolute Gasteiger partial charge is 0.298 e. The number of rotatable bonds is 2. The fraction of sp³-hybridized carbons (Fsp3) is 0.875. The third kappa shape index (κ3) is 1.37. The van der Waals surface area contributed by atoms with Gasteiger partial charge in [0.15, 0.2) is 0 Å². The van der Waals surface area contributed by atoms with Gasteiger partial charge in [0, 0.05) is 6.42 Å².